The third-order valence-electron chi connectivity index (χ3n) is 1.95. The Bertz CT molecular complexity index is 452. The number of rotatable bonds is 3. The van der Waals surface area contributed by atoms with Gasteiger partial charge in [0.1, 0.15) is 5.82 Å². The summed E-state index contributed by atoms with van der Waals surface area (Å²) in [5.74, 6) is 1.77. The van der Waals surface area contributed by atoms with Gasteiger partial charge in [0.05, 0.1) is 0 Å². The van der Waals surface area contributed by atoms with Crippen LogP contribution in [0.4, 0.5) is 5.95 Å². The third kappa shape index (κ3) is 2.93. The standard InChI is InChI=1S/C11H12N4S/c1-8-13-10(12)15-11(14-8)16-7-9-5-3-2-4-6-9/h2-6H,7H2,1H3,(H2,12,13,14,15). The molecular formula is C11H12N4S. The minimum Gasteiger partial charge on any atom is -0.368 e. The first-order valence-electron chi connectivity index (χ1n) is 4.89. The van der Waals surface area contributed by atoms with Gasteiger partial charge >= 0.3 is 0 Å². The molecule has 16 heavy (non-hydrogen) atoms. The molecule has 0 aliphatic heterocycles. The Labute approximate surface area is 98.3 Å². The smallest absolute Gasteiger partial charge is 0.224 e. The number of nitrogens with two attached hydrogens (primary N) is 1. The molecule has 82 valence electrons. The van der Waals surface area contributed by atoms with Crippen molar-refractivity contribution in [1.29, 1.82) is 0 Å². The van der Waals surface area contributed by atoms with Gasteiger partial charge in [-0.05, 0) is 12.5 Å². The molecule has 2 rings (SSSR count). The van der Waals surface area contributed by atoms with Crippen LogP contribution in [0.25, 0.3) is 0 Å². The maximum Gasteiger partial charge on any atom is 0.224 e. The highest BCUT2D eigenvalue weighted by Crippen LogP contribution is 2.19. The van der Waals surface area contributed by atoms with Crippen molar-refractivity contribution >= 4 is 17.7 Å². The molecule has 0 unspecified atom stereocenters. The molecule has 0 fully saturated rings. The summed E-state index contributed by atoms with van der Waals surface area (Å²) in [7, 11) is 0. The molecule has 2 aromatic rings. The van der Waals surface area contributed by atoms with Gasteiger partial charge < -0.3 is 5.73 Å². The maximum atomic E-state index is 5.55. The Morgan fingerprint density at radius 3 is 2.56 bits per heavy atom. The van der Waals surface area contributed by atoms with Crippen LogP contribution < -0.4 is 5.73 Å². The second kappa shape index (κ2) is 4.94. The number of hydrogen-bond acceptors (Lipinski definition) is 5. The van der Waals surface area contributed by atoms with Gasteiger partial charge in [-0.25, -0.2) is 4.98 Å². The van der Waals surface area contributed by atoms with Gasteiger partial charge in [-0.3, -0.25) is 0 Å². The van der Waals surface area contributed by atoms with Crippen molar-refractivity contribution in [2.24, 2.45) is 0 Å². The molecule has 0 radical (unpaired) electrons. The van der Waals surface area contributed by atoms with Crippen LogP contribution in [-0.4, -0.2) is 15.0 Å². The average Bonchev–Trinajstić information content (AvgIpc) is 2.27. The van der Waals surface area contributed by atoms with Gasteiger partial charge in [-0.2, -0.15) is 9.97 Å². The molecule has 2 N–H and O–H groups in total. The van der Waals surface area contributed by atoms with Gasteiger partial charge in [-0.1, -0.05) is 42.1 Å². The van der Waals surface area contributed by atoms with E-state index in [-0.39, 0.29) is 5.95 Å². The maximum absolute atomic E-state index is 5.55. The largest absolute Gasteiger partial charge is 0.368 e. The van der Waals surface area contributed by atoms with Crippen molar-refractivity contribution in [3.05, 3.63) is 41.7 Å². The van der Waals surface area contributed by atoms with Gasteiger partial charge in [0, 0.05) is 5.75 Å². The third-order valence-corrected chi connectivity index (χ3v) is 2.87. The number of aromatic nitrogens is 3. The second-order valence-corrected chi connectivity index (χ2v) is 4.24. The summed E-state index contributed by atoms with van der Waals surface area (Å²) in [6, 6.07) is 10.2. The van der Waals surface area contributed by atoms with Gasteiger partial charge in [0.2, 0.25) is 5.95 Å². The van der Waals surface area contributed by atoms with Crippen LogP contribution in [0.5, 0.6) is 0 Å². The lowest BCUT2D eigenvalue weighted by Crippen LogP contribution is -2.01. The van der Waals surface area contributed by atoms with Crippen LogP contribution in [0.15, 0.2) is 35.5 Å². The molecule has 1 aromatic heterocycles. The Hall–Kier alpha value is -1.62. The molecule has 1 aromatic carbocycles. The first-order valence-corrected chi connectivity index (χ1v) is 5.87. The number of nitrogens with zero attached hydrogens (tertiary/aromatic N) is 3. The lowest BCUT2D eigenvalue weighted by Gasteiger charge is -2.02. The van der Waals surface area contributed by atoms with E-state index in [4.69, 9.17) is 5.73 Å². The SMILES string of the molecule is Cc1nc(N)nc(SCc2ccccc2)n1. The molecule has 4 nitrogen and oxygen atoms in total. The minimum absolute atomic E-state index is 0.281. The zero-order chi connectivity index (χ0) is 11.4. The predicted octanol–water partition coefficient (Wildman–Crippen LogP) is 2.05. The van der Waals surface area contributed by atoms with E-state index in [1.54, 1.807) is 11.8 Å². The van der Waals surface area contributed by atoms with Crippen LogP contribution in [0.3, 0.4) is 0 Å². The van der Waals surface area contributed by atoms with Crippen molar-refractivity contribution in [3.8, 4) is 0 Å². The Balaban J connectivity index is 2.05. The summed E-state index contributed by atoms with van der Waals surface area (Å²) in [5.41, 5.74) is 6.79. The van der Waals surface area contributed by atoms with Crippen LogP contribution in [0, 0.1) is 6.92 Å². The Kier molecular flexibility index (Phi) is 3.36. The monoisotopic (exact) mass is 232 g/mol. The number of anilines is 1. The van der Waals surface area contributed by atoms with Crippen LogP contribution in [-0.2, 0) is 5.75 Å². The second-order valence-electron chi connectivity index (χ2n) is 3.30. The zero-order valence-corrected chi connectivity index (χ0v) is 9.74. The van der Waals surface area contributed by atoms with E-state index >= 15 is 0 Å². The van der Waals surface area contributed by atoms with Crippen LogP contribution in [0.2, 0.25) is 0 Å². The highest BCUT2D eigenvalue weighted by Gasteiger charge is 2.02. The summed E-state index contributed by atoms with van der Waals surface area (Å²) in [4.78, 5) is 12.2. The average molecular weight is 232 g/mol. The molecular weight excluding hydrogens is 220 g/mol. The van der Waals surface area contributed by atoms with Crippen molar-refractivity contribution in [1.82, 2.24) is 15.0 Å². The molecule has 0 saturated carbocycles. The molecule has 0 amide bonds. The fourth-order valence-corrected chi connectivity index (χ4v) is 2.11. The lowest BCUT2D eigenvalue weighted by molar-refractivity contribution is 0.870. The lowest BCUT2D eigenvalue weighted by atomic mass is 10.2. The highest BCUT2D eigenvalue weighted by molar-refractivity contribution is 7.98. The van der Waals surface area contributed by atoms with E-state index in [1.165, 1.54) is 5.56 Å². The topological polar surface area (TPSA) is 64.7 Å². The minimum atomic E-state index is 0.281. The van der Waals surface area contributed by atoms with Crippen LogP contribution >= 0.6 is 11.8 Å². The first kappa shape index (κ1) is 10.9. The van der Waals surface area contributed by atoms with E-state index in [2.05, 4.69) is 27.1 Å². The highest BCUT2D eigenvalue weighted by atomic mass is 32.2. The van der Waals surface area contributed by atoms with E-state index in [1.807, 2.05) is 25.1 Å². The van der Waals surface area contributed by atoms with Gasteiger partial charge in [-0.15, -0.1) is 0 Å². The normalized spacial score (nSPS) is 10.3. The number of benzene rings is 1. The van der Waals surface area contributed by atoms with E-state index in [0.717, 1.165) is 5.75 Å². The van der Waals surface area contributed by atoms with Crippen LogP contribution in [0.1, 0.15) is 11.4 Å². The first-order chi connectivity index (χ1) is 7.74. The molecule has 0 saturated heterocycles. The van der Waals surface area contributed by atoms with E-state index in [9.17, 15) is 0 Å². The van der Waals surface area contributed by atoms with Gasteiger partial charge in [0.25, 0.3) is 0 Å². The summed E-state index contributed by atoms with van der Waals surface area (Å²) < 4.78 is 0. The summed E-state index contributed by atoms with van der Waals surface area (Å²) >= 11 is 1.56. The summed E-state index contributed by atoms with van der Waals surface area (Å²) in [6.45, 7) is 1.81. The fourth-order valence-electron chi connectivity index (χ4n) is 1.26. The molecule has 0 aliphatic rings. The Morgan fingerprint density at radius 1 is 1.12 bits per heavy atom. The van der Waals surface area contributed by atoms with E-state index in [0.29, 0.717) is 11.0 Å². The molecule has 0 spiro atoms. The number of hydrogen-bond donors (Lipinski definition) is 1. The molecule has 0 bridgehead atoms. The summed E-state index contributed by atoms with van der Waals surface area (Å²) in [5, 5.41) is 0.675. The predicted molar refractivity (Wildman–Crippen MR) is 65.0 cm³/mol. The fraction of sp³-hybridized carbons (Fsp3) is 0.182. The Morgan fingerprint density at radius 2 is 1.88 bits per heavy atom. The molecule has 0 aliphatic carbocycles. The van der Waals surface area contributed by atoms with Crippen molar-refractivity contribution in [2.45, 2.75) is 17.8 Å². The zero-order valence-electron chi connectivity index (χ0n) is 8.92. The number of thioether (sulfide) groups is 1. The quantitative estimate of drug-likeness (QED) is 0.820. The number of aryl methyl sites for hydroxylation is 1. The number of nitrogen functional groups attached to an aromatic ring is 1. The molecule has 1 heterocycles. The van der Waals surface area contributed by atoms with Crippen molar-refractivity contribution in [2.75, 3.05) is 5.73 Å². The molecule has 5 heteroatoms. The summed E-state index contributed by atoms with van der Waals surface area (Å²) in [6.07, 6.45) is 0. The molecule has 0 atom stereocenters. The van der Waals surface area contributed by atoms with Gasteiger partial charge in [0.15, 0.2) is 5.16 Å². The van der Waals surface area contributed by atoms with E-state index < -0.39 is 0 Å². The van der Waals surface area contributed by atoms with Crippen molar-refractivity contribution in [3.63, 3.8) is 0 Å². The van der Waals surface area contributed by atoms with Crippen molar-refractivity contribution < 1.29 is 0 Å².